The fourth-order valence-electron chi connectivity index (χ4n) is 4.54. The summed E-state index contributed by atoms with van der Waals surface area (Å²) < 4.78 is 0. The van der Waals surface area contributed by atoms with Crippen LogP contribution < -0.4 is 10.6 Å². The minimum Gasteiger partial charge on any atom is -0.481 e. The molecule has 4 N–H and O–H groups in total. The Kier molecular flexibility index (Phi) is 7.31. The Bertz CT molecular complexity index is 1370. The molecule has 2 aromatic carbocycles. The Hall–Kier alpha value is -3.84. The highest BCUT2D eigenvalue weighted by Gasteiger charge is 2.26. The number of aromatic amines is 1. The predicted octanol–water partition coefficient (Wildman–Crippen LogP) is 5.68. The molecule has 0 radical (unpaired) electrons. The van der Waals surface area contributed by atoms with Gasteiger partial charge in [-0.15, -0.1) is 0 Å². The van der Waals surface area contributed by atoms with E-state index in [1.807, 2.05) is 32.9 Å². The smallest absolute Gasteiger partial charge is 0.303 e. The predicted molar refractivity (Wildman–Crippen MR) is 141 cm³/mol. The fourth-order valence-corrected chi connectivity index (χ4v) is 4.67. The number of carboxylic acid groups (broad SMARTS) is 1. The van der Waals surface area contributed by atoms with Crippen LogP contribution in [-0.4, -0.2) is 27.9 Å². The van der Waals surface area contributed by atoms with Crippen LogP contribution >= 0.6 is 11.6 Å². The van der Waals surface area contributed by atoms with Gasteiger partial charge in [0, 0.05) is 39.6 Å². The summed E-state index contributed by atoms with van der Waals surface area (Å²) in [4.78, 5) is 40.2. The number of amides is 2. The topological polar surface area (TPSA) is 111 Å². The van der Waals surface area contributed by atoms with Gasteiger partial charge in [-0.05, 0) is 79.8 Å². The number of H-pyrrole nitrogens is 1. The number of carbonyl (C=O) groups is 3. The molecule has 7 nitrogen and oxygen atoms in total. The Morgan fingerprint density at radius 2 is 1.86 bits per heavy atom. The lowest BCUT2D eigenvalue weighted by Crippen LogP contribution is -2.28. The van der Waals surface area contributed by atoms with Crippen LogP contribution in [0.5, 0.6) is 0 Å². The van der Waals surface area contributed by atoms with Gasteiger partial charge in [-0.3, -0.25) is 14.4 Å². The molecular formula is C28H28ClN3O4. The van der Waals surface area contributed by atoms with Gasteiger partial charge in [-0.1, -0.05) is 30.7 Å². The summed E-state index contributed by atoms with van der Waals surface area (Å²) in [6.07, 6.45) is 2.91. The van der Waals surface area contributed by atoms with Crippen molar-refractivity contribution in [1.82, 2.24) is 10.3 Å². The molecule has 2 heterocycles. The number of anilines is 1. The number of fused-ring (bicyclic) bond motifs is 1. The number of rotatable bonds is 8. The molecule has 1 aliphatic rings. The van der Waals surface area contributed by atoms with E-state index in [1.54, 1.807) is 36.4 Å². The van der Waals surface area contributed by atoms with Gasteiger partial charge in [0.05, 0.1) is 11.6 Å². The van der Waals surface area contributed by atoms with E-state index >= 15 is 0 Å². The second-order valence-corrected chi connectivity index (χ2v) is 9.36. The molecule has 3 aromatic rings. The average molecular weight is 506 g/mol. The Morgan fingerprint density at radius 1 is 1.14 bits per heavy atom. The summed E-state index contributed by atoms with van der Waals surface area (Å²) in [5.41, 5.74) is 6.60. The molecule has 1 aromatic heterocycles. The van der Waals surface area contributed by atoms with E-state index in [9.17, 15) is 14.4 Å². The van der Waals surface area contributed by atoms with E-state index in [1.165, 1.54) is 0 Å². The highest BCUT2D eigenvalue weighted by atomic mass is 35.5. The monoisotopic (exact) mass is 505 g/mol. The van der Waals surface area contributed by atoms with Crippen LogP contribution in [0, 0.1) is 13.8 Å². The molecule has 2 amide bonds. The number of carbonyl (C=O) groups excluding carboxylic acids is 2. The number of carboxylic acids is 1. The lowest BCUT2D eigenvalue weighted by atomic mass is 10.00. The second kappa shape index (κ2) is 10.4. The highest BCUT2D eigenvalue weighted by Crippen LogP contribution is 2.35. The van der Waals surface area contributed by atoms with Crippen molar-refractivity contribution in [2.75, 3.05) is 5.32 Å². The first-order chi connectivity index (χ1) is 17.2. The molecule has 1 aliphatic heterocycles. The molecule has 4 rings (SSSR count). The third kappa shape index (κ3) is 5.21. The maximum atomic E-state index is 13.1. The minimum absolute atomic E-state index is 0.0338. The molecule has 0 spiro atoms. The van der Waals surface area contributed by atoms with Gasteiger partial charge in [0.2, 0.25) is 0 Å². The average Bonchev–Trinajstić information content (AvgIpc) is 3.30. The zero-order valence-corrected chi connectivity index (χ0v) is 21.1. The van der Waals surface area contributed by atoms with Crippen molar-refractivity contribution >= 4 is 46.7 Å². The minimum atomic E-state index is -0.855. The molecule has 1 atom stereocenters. The second-order valence-electron chi connectivity index (χ2n) is 8.92. The summed E-state index contributed by atoms with van der Waals surface area (Å²) in [6.45, 7) is 5.80. The molecule has 0 aliphatic carbocycles. The third-order valence-corrected chi connectivity index (χ3v) is 6.81. The maximum absolute atomic E-state index is 13.1. The quantitative estimate of drug-likeness (QED) is 0.295. The van der Waals surface area contributed by atoms with Gasteiger partial charge in [-0.2, -0.15) is 0 Å². The van der Waals surface area contributed by atoms with Crippen LogP contribution in [0.25, 0.3) is 11.6 Å². The van der Waals surface area contributed by atoms with Crippen molar-refractivity contribution in [3.63, 3.8) is 0 Å². The zero-order valence-electron chi connectivity index (χ0n) is 20.4. The van der Waals surface area contributed by atoms with E-state index in [0.717, 1.165) is 28.1 Å². The summed E-state index contributed by atoms with van der Waals surface area (Å²) in [6, 6.07) is 12.4. The third-order valence-electron chi connectivity index (χ3n) is 6.56. The number of aryl methyl sites for hydroxylation is 1. The number of hydrogen-bond donors (Lipinski definition) is 4. The van der Waals surface area contributed by atoms with Gasteiger partial charge >= 0.3 is 5.97 Å². The Labute approximate surface area is 214 Å². The highest BCUT2D eigenvalue weighted by molar-refractivity contribution is 6.35. The van der Waals surface area contributed by atoms with Gasteiger partial charge in [0.25, 0.3) is 11.8 Å². The van der Waals surface area contributed by atoms with Crippen LogP contribution in [0.15, 0.2) is 42.5 Å². The molecule has 186 valence electrons. The van der Waals surface area contributed by atoms with Crippen LogP contribution in [0.4, 0.5) is 5.69 Å². The SMILES string of the molecule is CCC(NC(=O)c1ccc2c(c1)/C(=C/c1[nH]c(C)c(CCC(=O)O)c1C)C(=O)N2)c1ccc(Cl)cc1. The van der Waals surface area contributed by atoms with Crippen molar-refractivity contribution in [3.05, 3.63) is 86.7 Å². The molecule has 36 heavy (non-hydrogen) atoms. The van der Waals surface area contributed by atoms with E-state index in [2.05, 4.69) is 15.6 Å². The van der Waals surface area contributed by atoms with Gasteiger partial charge in [0.15, 0.2) is 0 Å². The molecule has 0 bridgehead atoms. The number of aliphatic carboxylic acids is 1. The van der Waals surface area contributed by atoms with E-state index < -0.39 is 5.97 Å². The van der Waals surface area contributed by atoms with E-state index in [-0.39, 0.29) is 24.3 Å². The fraction of sp³-hybridized carbons (Fsp3) is 0.250. The molecule has 1 unspecified atom stereocenters. The number of halogens is 1. The maximum Gasteiger partial charge on any atom is 0.303 e. The van der Waals surface area contributed by atoms with E-state index in [0.29, 0.717) is 40.3 Å². The van der Waals surface area contributed by atoms with Crippen LogP contribution in [0.1, 0.15) is 69.8 Å². The molecule has 0 saturated carbocycles. The van der Waals surface area contributed by atoms with Crippen molar-refractivity contribution in [3.8, 4) is 0 Å². The van der Waals surface area contributed by atoms with Gasteiger partial charge < -0.3 is 20.7 Å². The Balaban J connectivity index is 1.61. The first-order valence-electron chi connectivity index (χ1n) is 11.8. The van der Waals surface area contributed by atoms with Crippen molar-refractivity contribution in [2.24, 2.45) is 0 Å². The lowest BCUT2D eigenvalue weighted by Gasteiger charge is -2.18. The molecule has 8 heteroatoms. The number of hydrogen-bond acceptors (Lipinski definition) is 3. The molecule has 0 fully saturated rings. The largest absolute Gasteiger partial charge is 0.481 e. The summed E-state index contributed by atoms with van der Waals surface area (Å²) in [5, 5.41) is 15.6. The lowest BCUT2D eigenvalue weighted by molar-refractivity contribution is -0.137. The first-order valence-corrected chi connectivity index (χ1v) is 12.2. The van der Waals surface area contributed by atoms with Gasteiger partial charge in [0.1, 0.15) is 0 Å². The number of benzene rings is 2. The van der Waals surface area contributed by atoms with Crippen LogP contribution in [0.2, 0.25) is 5.02 Å². The Morgan fingerprint density at radius 3 is 2.53 bits per heavy atom. The van der Waals surface area contributed by atoms with E-state index in [4.69, 9.17) is 16.7 Å². The zero-order chi connectivity index (χ0) is 26.0. The number of aromatic nitrogens is 1. The van der Waals surface area contributed by atoms with Crippen LogP contribution in [-0.2, 0) is 16.0 Å². The summed E-state index contributed by atoms with van der Waals surface area (Å²) >= 11 is 5.99. The summed E-state index contributed by atoms with van der Waals surface area (Å²) in [5.74, 6) is -1.35. The van der Waals surface area contributed by atoms with Crippen molar-refractivity contribution in [1.29, 1.82) is 0 Å². The van der Waals surface area contributed by atoms with Crippen molar-refractivity contribution in [2.45, 2.75) is 46.1 Å². The van der Waals surface area contributed by atoms with Crippen molar-refractivity contribution < 1.29 is 19.5 Å². The standard InChI is InChI=1S/C28H28ClN3O4/c1-4-23(17-5-8-19(29)9-6-17)31-27(35)18-7-11-24-21(13-18)22(28(36)32-24)14-25-15(2)20(16(3)30-25)10-12-26(33)34/h5-9,11,13-14,23,30H,4,10,12H2,1-3H3,(H,31,35)(H,32,36)(H,33,34)/b22-14-. The first kappa shape index (κ1) is 25.3. The molecular weight excluding hydrogens is 478 g/mol. The normalized spacial score (nSPS) is 14.4. The number of nitrogens with one attached hydrogen (secondary N) is 3. The summed E-state index contributed by atoms with van der Waals surface area (Å²) in [7, 11) is 0. The van der Waals surface area contributed by atoms with Gasteiger partial charge in [-0.25, -0.2) is 0 Å². The molecule has 0 saturated heterocycles. The van der Waals surface area contributed by atoms with Crippen LogP contribution in [0.3, 0.4) is 0 Å².